The minimum atomic E-state index is -4.56. The summed E-state index contributed by atoms with van der Waals surface area (Å²) in [7, 11) is -4.56. The van der Waals surface area contributed by atoms with Crippen LogP contribution in [-0.4, -0.2) is 50.4 Å². The van der Waals surface area contributed by atoms with Gasteiger partial charge >= 0.3 is 5.97 Å². The van der Waals surface area contributed by atoms with Crippen molar-refractivity contribution < 1.29 is 32.8 Å². The van der Waals surface area contributed by atoms with E-state index < -0.39 is 38.3 Å². The molecule has 2 aromatic heterocycles. The lowest BCUT2D eigenvalue weighted by atomic mass is 10.1. The number of phosphoric ester groups is 1. The van der Waals surface area contributed by atoms with E-state index >= 15 is 0 Å². The standard InChI is InChI=1S/C19H18ClN4O7PS/c1-10(25)29-15-14-12(7-28-32(26,27)31-14)30-18(15)24-17-13(16(20)21-9-22-17)23-19(24)33-8-11-5-3-2-4-6-11/h2-6,9,12,14-15,18H,7-8H2,1H3,(H,26,27)/p-1/t12-,14-,15-,18-/m1/s1. The number of carbonyl (C=O) groups excluding carboxylic acids is 1. The third-order valence-electron chi connectivity index (χ3n) is 5.10. The second kappa shape index (κ2) is 8.95. The molecule has 2 aliphatic heterocycles. The molecule has 1 unspecified atom stereocenters. The van der Waals surface area contributed by atoms with Gasteiger partial charge in [-0.05, 0) is 5.56 Å². The molecule has 2 aliphatic rings. The molecule has 0 spiro atoms. The number of halogens is 1. The van der Waals surface area contributed by atoms with Gasteiger partial charge in [-0.3, -0.25) is 13.9 Å². The molecule has 0 amide bonds. The van der Waals surface area contributed by atoms with Gasteiger partial charge in [-0.1, -0.05) is 53.7 Å². The highest BCUT2D eigenvalue weighted by Gasteiger charge is 2.53. The zero-order valence-electron chi connectivity index (χ0n) is 17.1. The summed E-state index contributed by atoms with van der Waals surface area (Å²) < 4.78 is 35.0. The maximum atomic E-state index is 11.9. The molecule has 0 aliphatic carbocycles. The Bertz CT molecular complexity index is 1250. The van der Waals surface area contributed by atoms with Gasteiger partial charge < -0.3 is 23.4 Å². The first-order valence-electron chi connectivity index (χ1n) is 9.84. The van der Waals surface area contributed by atoms with Gasteiger partial charge in [-0.2, -0.15) is 0 Å². The van der Waals surface area contributed by atoms with Crippen molar-refractivity contribution in [2.24, 2.45) is 0 Å². The summed E-state index contributed by atoms with van der Waals surface area (Å²) >= 11 is 7.65. The number of carbonyl (C=O) groups is 1. The number of nitrogens with zero attached hydrogens (tertiary/aromatic N) is 4. The lowest BCUT2D eigenvalue weighted by molar-refractivity contribution is -0.246. The predicted molar refractivity (Wildman–Crippen MR) is 114 cm³/mol. The number of fused-ring (bicyclic) bond motifs is 2. The number of imidazole rings is 1. The number of benzene rings is 1. The van der Waals surface area contributed by atoms with E-state index in [1.54, 1.807) is 4.57 Å². The van der Waals surface area contributed by atoms with Gasteiger partial charge in [-0.25, -0.2) is 15.0 Å². The number of hydrogen-bond donors (Lipinski definition) is 0. The van der Waals surface area contributed by atoms with Crippen LogP contribution in [0, 0.1) is 0 Å². The van der Waals surface area contributed by atoms with Crippen LogP contribution in [0.2, 0.25) is 5.15 Å². The van der Waals surface area contributed by atoms with Crippen molar-refractivity contribution in [3.63, 3.8) is 0 Å². The third-order valence-corrected chi connectivity index (χ3v) is 7.37. The number of esters is 1. The van der Waals surface area contributed by atoms with E-state index in [2.05, 4.69) is 15.0 Å². The second-order valence-electron chi connectivity index (χ2n) is 7.33. The first-order chi connectivity index (χ1) is 15.8. The minimum Gasteiger partial charge on any atom is -0.756 e. The van der Waals surface area contributed by atoms with Crippen molar-refractivity contribution in [1.29, 1.82) is 0 Å². The van der Waals surface area contributed by atoms with E-state index in [0.29, 0.717) is 22.1 Å². The molecule has 0 bridgehead atoms. The van der Waals surface area contributed by atoms with Gasteiger partial charge in [0.1, 0.15) is 24.1 Å². The quantitative estimate of drug-likeness (QED) is 0.216. The fourth-order valence-corrected chi connectivity index (χ4v) is 5.84. The Morgan fingerprint density at radius 3 is 2.91 bits per heavy atom. The topological polar surface area (TPSA) is 138 Å². The molecule has 14 heteroatoms. The molecule has 1 aromatic carbocycles. The van der Waals surface area contributed by atoms with Crippen molar-refractivity contribution >= 4 is 48.3 Å². The van der Waals surface area contributed by atoms with Gasteiger partial charge in [-0.15, -0.1) is 0 Å². The molecule has 2 fully saturated rings. The fourth-order valence-electron chi connectivity index (χ4n) is 3.75. The third kappa shape index (κ3) is 4.52. The Morgan fingerprint density at radius 2 is 2.15 bits per heavy atom. The normalized spacial score (nSPS) is 29.2. The number of hydrogen-bond acceptors (Lipinski definition) is 11. The maximum absolute atomic E-state index is 11.9. The highest BCUT2D eigenvalue weighted by molar-refractivity contribution is 7.98. The average molecular weight is 512 g/mol. The van der Waals surface area contributed by atoms with Crippen LogP contribution < -0.4 is 4.89 Å². The smallest absolute Gasteiger partial charge is 0.303 e. The van der Waals surface area contributed by atoms with Gasteiger partial charge in [0.2, 0.25) is 0 Å². The molecular weight excluding hydrogens is 495 g/mol. The number of aromatic nitrogens is 4. The number of phosphoric acid groups is 1. The van der Waals surface area contributed by atoms with Gasteiger partial charge in [0, 0.05) is 12.7 Å². The molecule has 5 rings (SSSR count). The van der Waals surface area contributed by atoms with E-state index in [1.165, 1.54) is 25.0 Å². The van der Waals surface area contributed by atoms with Crippen molar-refractivity contribution in [1.82, 2.24) is 19.5 Å². The van der Waals surface area contributed by atoms with E-state index in [1.807, 2.05) is 30.3 Å². The summed E-state index contributed by atoms with van der Waals surface area (Å²) in [5.74, 6) is -0.0526. The molecule has 2 saturated heterocycles. The molecule has 0 saturated carbocycles. The molecule has 33 heavy (non-hydrogen) atoms. The Labute approximate surface area is 197 Å². The molecule has 0 radical (unpaired) electrons. The van der Waals surface area contributed by atoms with Gasteiger partial charge in [0.15, 0.2) is 28.3 Å². The summed E-state index contributed by atoms with van der Waals surface area (Å²) in [6.45, 7) is 0.950. The predicted octanol–water partition coefficient (Wildman–Crippen LogP) is 2.48. The van der Waals surface area contributed by atoms with Crippen molar-refractivity contribution in [3.05, 3.63) is 47.4 Å². The van der Waals surface area contributed by atoms with Crippen molar-refractivity contribution in [3.8, 4) is 0 Å². The summed E-state index contributed by atoms with van der Waals surface area (Å²) in [5, 5.41) is 0.617. The number of rotatable bonds is 5. The van der Waals surface area contributed by atoms with Crippen molar-refractivity contribution in [2.75, 3.05) is 6.61 Å². The maximum Gasteiger partial charge on any atom is 0.303 e. The van der Waals surface area contributed by atoms with E-state index in [-0.39, 0.29) is 11.8 Å². The summed E-state index contributed by atoms with van der Waals surface area (Å²) in [4.78, 5) is 36.7. The fraction of sp³-hybridized carbons (Fsp3) is 0.368. The Kier molecular flexibility index (Phi) is 6.17. The van der Waals surface area contributed by atoms with Gasteiger partial charge in [0.05, 0.1) is 6.61 Å². The highest BCUT2D eigenvalue weighted by Crippen LogP contribution is 2.51. The van der Waals surface area contributed by atoms with E-state index in [9.17, 15) is 14.3 Å². The van der Waals surface area contributed by atoms with Crippen LogP contribution in [0.3, 0.4) is 0 Å². The van der Waals surface area contributed by atoms with Crippen LogP contribution in [0.5, 0.6) is 0 Å². The van der Waals surface area contributed by atoms with Crippen LogP contribution in [0.4, 0.5) is 0 Å². The second-order valence-corrected chi connectivity index (χ2v) is 9.99. The molecule has 3 aromatic rings. The SMILES string of the molecule is CC(=O)O[C@@H]1[C@@H]2OP(=O)([O-])OC[C@H]2O[C@H]1n1c(SCc2ccccc2)nc2c(Cl)ncnc21. The van der Waals surface area contributed by atoms with E-state index in [0.717, 1.165) is 5.56 Å². The number of ether oxygens (including phenoxy) is 2. The first kappa shape index (κ1) is 22.7. The van der Waals surface area contributed by atoms with Crippen LogP contribution in [0.25, 0.3) is 11.2 Å². The lowest BCUT2D eigenvalue weighted by Gasteiger charge is -2.35. The number of thioether (sulfide) groups is 1. The summed E-state index contributed by atoms with van der Waals surface area (Å²) in [6, 6.07) is 9.74. The highest BCUT2D eigenvalue weighted by atomic mass is 35.5. The largest absolute Gasteiger partial charge is 0.756 e. The van der Waals surface area contributed by atoms with Crippen LogP contribution in [0.1, 0.15) is 18.7 Å². The first-order valence-corrected chi connectivity index (χ1v) is 12.7. The molecule has 11 nitrogen and oxygen atoms in total. The Hall–Kier alpha value is -2.05. The Morgan fingerprint density at radius 1 is 1.36 bits per heavy atom. The molecule has 4 heterocycles. The minimum absolute atomic E-state index is 0.142. The summed E-state index contributed by atoms with van der Waals surface area (Å²) in [6.07, 6.45) is -2.68. The monoisotopic (exact) mass is 511 g/mol. The van der Waals surface area contributed by atoms with Gasteiger partial charge in [0.25, 0.3) is 7.82 Å². The lowest BCUT2D eigenvalue weighted by Crippen LogP contribution is -2.42. The molecule has 174 valence electrons. The van der Waals surface area contributed by atoms with Crippen LogP contribution >= 0.6 is 31.2 Å². The average Bonchev–Trinajstić information content (AvgIpc) is 3.30. The molecular formula is C19H17ClN4O7PS-. The Balaban J connectivity index is 1.57. The van der Waals surface area contributed by atoms with Crippen LogP contribution in [-0.2, 0) is 33.6 Å². The van der Waals surface area contributed by atoms with E-state index in [4.69, 9.17) is 30.1 Å². The molecule has 5 atom stereocenters. The van der Waals surface area contributed by atoms with Crippen molar-refractivity contribution in [2.45, 2.75) is 42.4 Å². The van der Waals surface area contributed by atoms with Crippen LogP contribution in [0.15, 0.2) is 41.8 Å². The molecule has 0 N–H and O–H groups in total. The zero-order chi connectivity index (χ0) is 23.2. The summed E-state index contributed by atoms with van der Waals surface area (Å²) in [5.41, 5.74) is 1.74. The zero-order valence-corrected chi connectivity index (χ0v) is 19.5.